The summed E-state index contributed by atoms with van der Waals surface area (Å²) < 4.78 is 15.4. The van der Waals surface area contributed by atoms with Crippen LogP contribution < -0.4 is 20.3 Å². The Bertz CT molecular complexity index is 1640. The molecule has 188 valence electrons. The highest BCUT2D eigenvalue weighted by molar-refractivity contribution is 5.95. The zero-order valence-corrected chi connectivity index (χ0v) is 20.9. The number of hydrogen-bond acceptors (Lipinski definition) is 6. The number of fused-ring (bicyclic) bond motifs is 1. The third kappa shape index (κ3) is 4.22. The van der Waals surface area contributed by atoms with Crippen LogP contribution in [-0.2, 0) is 4.79 Å². The van der Waals surface area contributed by atoms with E-state index in [1.165, 1.54) is 18.9 Å². The van der Waals surface area contributed by atoms with Gasteiger partial charge in [0, 0.05) is 18.5 Å². The molecule has 1 atom stereocenters. The lowest BCUT2D eigenvalue weighted by molar-refractivity contribution is -0.119. The Morgan fingerprint density at radius 2 is 1.70 bits per heavy atom. The first kappa shape index (κ1) is 23.9. The Kier molecular flexibility index (Phi) is 6.22. The molecule has 1 amide bonds. The van der Waals surface area contributed by atoms with Crippen LogP contribution in [0.4, 0.5) is 5.69 Å². The number of nitrogens with one attached hydrogen (secondary N) is 1. The van der Waals surface area contributed by atoms with Gasteiger partial charge >= 0.3 is 0 Å². The molecule has 2 aromatic carbocycles. The van der Waals surface area contributed by atoms with E-state index in [0.717, 1.165) is 5.69 Å². The predicted octanol–water partition coefficient (Wildman–Crippen LogP) is 3.90. The lowest BCUT2D eigenvalue weighted by atomic mass is 10.2. The Labute approximate surface area is 212 Å². The second kappa shape index (κ2) is 9.65. The molecule has 0 radical (unpaired) electrons. The molecular weight excluding hydrogens is 472 g/mol. The summed E-state index contributed by atoms with van der Waals surface area (Å²) in [7, 11) is 3.05. The lowest BCUT2D eigenvalue weighted by Gasteiger charge is -2.17. The van der Waals surface area contributed by atoms with E-state index in [9.17, 15) is 9.59 Å². The third-order valence-corrected chi connectivity index (χ3v) is 6.14. The van der Waals surface area contributed by atoms with Crippen LogP contribution in [0.15, 0.2) is 77.9 Å². The van der Waals surface area contributed by atoms with Gasteiger partial charge in [0.1, 0.15) is 28.4 Å². The van der Waals surface area contributed by atoms with Gasteiger partial charge < -0.3 is 19.4 Å². The van der Waals surface area contributed by atoms with Gasteiger partial charge in [-0.3, -0.25) is 9.59 Å². The number of aryl methyl sites for hydroxylation is 1. The van der Waals surface area contributed by atoms with Crippen LogP contribution in [0, 0.1) is 6.92 Å². The standard InChI is InChI=1S/C27H26N6O4/c1-17-24-23(26(31-14-8-9-15-31)33(30-24)19-10-6-5-7-11-19)27(35)32(29-17)18(2)25(34)28-21-16-20(36-3)12-13-22(21)37-4/h5-16,18H,1-4H3,(H,28,34)/t18-/m1/s1. The largest absolute Gasteiger partial charge is 0.497 e. The first-order valence-electron chi connectivity index (χ1n) is 11.7. The molecule has 0 unspecified atom stereocenters. The van der Waals surface area contributed by atoms with Gasteiger partial charge in [0.05, 0.1) is 31.3 Å². The fraction of sp³-hybridized carbons (Fsp3) is 0.185. The minimum absolute atomic E-state index is 0.367. The second-order valence-electron chi connectivity index (χ2n) is 8.45. The van der Waals surface area contributed by atoms with Crippen LogP contribution in [-0.4, -0.2) is 44.3 Å². The number of anilines is 1. The highest BCUT2D eigenvalue weighted by Gasteiger charge is 2.26. The number of methoxy groups -OCH3 is 2. The summed E-state index contributed by atoms with van der Waals surface area (Å²) in [6.45, 7) is 3.40. The van der Waals surface area contributed by atoms with Crippen molar-refractivity contribution in [1.29, 1.82) is 0 Å². The summed E-state index contributed by atoms with van der Waals surface area (Å²) in [6.07, 6.45) is 3.70. The van der Waals surface area contributed by atoms with E-state index < -0.39 is 17.5 Å². The molecule has 3 heterocycles. The number of carbonyl (C=O) groups is 1. The third-order valence-electron chi connectivity index (χ3n) is 6.14. The van der Waals surface area contributed by atoms with Gasteiger partial charge in [0.15, 0.2) is 5.82 Å². The van der Waals surface area contributed by atoms with Crippen molar-refractivity contribution < 1.29 is 14.3 Å². The molecule has 0 fully saturated rings. The number of aromatic nitrogens is 5. The van der Waals surface area contributed by atoms with Crippen LogP contribution in [0.2, 0.25) is 0 Å². The summed E-state index contributed by atoms with van der Waals surface area (Å²) in [5.74, 6) is 1.16. The summed E-state index contributed by atoms with van der Waals surface area (Å²) >= 11 is 0. The van der Waals surface area contributed by atoms with E-state index >= 15 is 0 Å². The molecule has 3 aromatic heterocycles. The van der Waals surface area contributed by atoms with E-state index in [2.05, 4.69) is 10.4 Å². The SMILES string of the molecule is COc1ccc(OC)c(NC(=O)[C@@H](C)n2nc(C)c3nn(-c4ccccc4)c(-n4cccc4)c3c2=O)c1. The number of ether oxygens (including phenoxy) is 2. The van der Waals surface area contributed by atoms with E-state index in [1.54, 1.807) is 36.7 Å². The van der Waals surface area contributed by atoms with Crippen molar-refractivity contribution in [2.24, 2.45) is 0 Å². The molecule has 0 bridgehead atoms. The van der Waals surface area contributed by atoms with Crippen molar-refractivity contribution in [1.82, 2.24) is 24.1 Å². The Morgan fingerprint density at radius 3 is 2.38 bits per heavy atom. The van der Waals surface area contributed by atoms with Crippen LogP contribution in [0.25, 0.3) is 22.4 Å². The first-order valence-corrected chi connectivity index (χ1v) is 11.7. The number of rotatable bonds is 7. The van der Waals surface area contributed by atoms with Gasteiger partial charge in [-0.25, -0.2) is 9.36 Å². The molecule has 0 aliphatic carbocycles. The van der Waals surface area contributed by atoms with Gasteiger partial charge in [-0.05, 0) is 50.2 Å². The number of nitrogens with zero attached hydrogens (tertiary/aromatic N) is 5. The molecule has 1 N–H and O–H groups in total. The quantitative estimate of drug-likeness (QED) is 0.365. The number of benzene rings is 2. The zero-order valence-electron chi connectivity index (χ0n) is 20.9. The number of amides is 1. The molecule has 10 heteroatoms. The van der Waals surface area contributed by atoms with Crippen molar-refractivity contribution in [3.63, 3.8) is 0 Å². The van der Waals surface area contributed by atoms with Crippen molar-refractivity contribution in [3.8, 4) is 23.0 Å². The molecule has 0 saturated heterocycles. The van der Waals surface area contributed by atoms with Crippen LogP contribution in [0.5, 0.6) is 11.5 Å². The summed E-state index contributed by atoms with van der Waals surface area (Å²) in [5, 5.41) is 12.4. The minimum atomic E-state index is -0.927. The summed E-state index contributed by atoms with van der Waals surface area (Å²) in [4.78, 5) is 27.2. The van der Waals surface area contributed by atoms with Gasteiger partial charge in [0.25, 0.3) is 5.56 Å². The predicted molar refractivity (Wildman–Crippen MR) is 140 cm³/mol. The van der Waals surface area contributed by atoms with Crippen molar-refractivity contribution in [3.05, 3.63) is 89.1 Å². The Balaban J connectivity index is 1.63. The molecule has 5 rings (SSSR count). The second-order valence-corrected chi connectivity index (χ2v) is 8.45. The van der Waals surface area contributed by atoms with Crippen molar-refractivity contribution >= 4 is 22.5 Å². The average molecular weight is 499 g/mol. The first-order chi connectivity index (χ1) is 17.9. The maximum atomic E-state index is 13.9. The maximum absolute atomic E-state index is 13.9. The fourth-order valence-electron chi connectivity index (χ4n) is 4.21. The van der Waals surface area contributed by atoms with Gasteiger partial charge in [-0.2, -0.15) is 10.2 Å². The zero-order chi connectivity index (χ0) is 26.1. The maximum Gasteiger partial charge on any atom is 0.280 e. The molecular formula is C27H26N6O4. The van der Waals surface area contributed by atoms with Crippen LogP contribution in [0.1, 0.15) is 18.7 Å². The normalized spacial score (nSPS) is 11.9. The molecule has 0 spiro atoms. The highest BCUT2D eigenvalue weighted by Crippen LogP contribution is 2.30. The molecule has 0 aliphatic heterocycles. The molecule has 10 nitrogen and oxygen atoms in total. The number of hydrogen-bond donors (Lipinski definition) is 1. The molecule has 37 heavy (non-hydrogen) atoms. The monoisotopic (exact) mass is 498 g/mol. The van der Waals surface area contributed by atoms with Crippen molar-refractivity contribution in [2.75, 3.05) is 19.5 Å². The molecule has 0 aliphatic rings. The number of carbonyl (C=O) groups excluding carboxylic acids is 1. The van der Waals surface area contributed by atoms with Gasteiger partial charge in [0.2, 0.25) is 5.91 Å². The van der Waals surface area contributed by atoms with E-state index in [0.29, 0.717) is 39.6 Å². The van der Waals surface area contributed by atoms with Crippen LogP contribution in [0.3, 0.4) is 0 Å². The molecule has 5 aromatic rings. The minimum Gasteiger partial charge on any atom is -0.497 e. The van der Waals surface area contributed by atoms with Crippen LogP contribution >= 0.6 is 0 Å². The lowest BCUT2D eigenvalue weighted by Crippen LogP contribution is -2.34. The summed E-state index contributed by atoms with van der Waals surface area (Å²) in [5.41, 5.74) is 1.79. The van der Waals surface area contributed by atoms with Gasteiger partial charge in [-0.1, -0.05) is 18.2 Å². The smallest absolute Gasteiger partial charge is 0.280 e. The topological polar surface area (TPSA) is 105 Å². The number of para-hydroxylation sites is 1. The summed E-state index contributed by atoms with van der Waals surface area (Å²) in [6, 6.07) is 17.5. The van der Waals surface area contributed by atoms with E-state index in [1.807, 2.05) is 59.4 Å². The van der Waals surface area contributed by atoms with E-state index in [4.69, 9.17) is 14.6 Å². The Hall–Kier alpha value is -4.86. The molecule has 0 saturated carbocycles. The van der Waals surface area contributed by atoms with Crippen molar-refractivity contribution in [2.45, 2.75) is 19.9 Å². The van der Waals surface area contributed by atoms with E-state index in [-0.39, 0.29) is 0 Å². The Morgan fingerprint density at radius 1 is 0.973 bits per heavy atom. The highest BCUT2D eigenvalue weighted by atomic mass is 16.5. The fourth-order valence-corrected chi connectivity index (χ4v) is 4.21. The van der Waals surface area contributed by atoms with Gasteiger partial charge in [-0.15, -0.1) is 0 Å². The average Bonchev–Trinajstić information content (AvgIpc) is 3.59.